The monoisotopic (exact) mass is 265 g/mol. The molecule has 2 N–H and O–H groups in total. The van der Waals surface area contributed by atoms with Gasteiger partial charge in [-0.15, -0.1) is 5.10 Å². The molecule has 0 amide bonds. The molecule has 0 spiro atoms. The second-order valence-electron chi connectivity index (χ2n) is 4.88. The van der Waals surface area contributed by atoms with Crippen LogP contribution in [0.1, 0.15) is 34.5 Å². The van der Waals surface area contributed by atoms with E-state index in [0.717, 1.165) is 26.1 Å². The Hall–Kier alpha value is -1.69. The number of aryl methyl sites for hydroxylation is 1. The van der Waals surface area contributed by atoms with Crippen LogP contribution in [0.25, 0.3) is 0 Å². The highest BCUT2D eigenvalue weighted by Gasteiger charge is 2.19. The van der Waals surface area contributed by atoms with Gasteiger partial charge in [0.1, 0.15) is 5.56 Å². The van der Waals surface area contributed by atoms with Crippen molar-refractivity contribution in [2.45, 2.75) is 26.7 Å². The molecule has 2 heterocycles. The maximum atomic E-state index is 11.3. The molecule has 1 aromatic heterocycles. The maximum Gasteiger partial charge on any atom is 0.339 e. The van der Waals surface area contributed by atoms with E-state index in [0.29, 0.717) is 29.5 Å². The normalized spacial score (nSPS) is 18.5. The number of aromatic carboxylic acids is 1. The number of nitrogens with one attached hydrogen (secondary N) is 1. The van der Waals surface area contributed by atoms with Crippen molar-refractivity contribution in [3.05, 3.63) is 16.8 Å². The topological polar surface area (TPSA) is 84.3 Å². The summed E-state index contributed by atoms with van der Waals surface area (Å²) in [6.07, 6.45) is 2.03. The van der Waals surface area contributed by atoms with Crippen LogP contribution in [-0.2, 0) is 4.74 Å². The Labute approximate surface area is 112 Å². The van der Waals surface area contributed by atoms with Crippen LogP contribution in [0, 0.1) is 19.8 Å². The third-order valence-corrected chi connectivity index (χ3v) is 3.54. The van der Waals surface area contributed by atoms with Gasteiger partial charge in [-0.25, -0.2) is 4.79 Å². The highest BCUT2D eigenvalue weighted by molar-refractivity contribution is 5.94. The van der Waals surface area contributed by atoms with Crippen molar-refractivity contribution >= 4 is 11.8 Å². The van der Waals surface area contributed by atoms with Gasteiger partial charge in [-0.1, -0.05) is 0 Å². The lowest BCUT2D eigenvalue weighted by Crippen LogP contribution is -2.15. The van der Waals surface area contributed by atoms with Crippen LogP contribution in [0.2, 0.25) is 0 Å². The Morgan fingerprint density at radius 3 is 2.89 bits per heavy atom. The molecule has 1 unspecified atom stereocenters. The Balaban J connectivity index is 2.02. The van der Waals surface area contributed by atoms with Gasteiger partial charge in [-0.3, -0.25) is 0 Å². The molecule has 1 aromatic rings. The fourth-order valence-corrected chi connectivity index (χ4v) is 2.20. The van der Waals surface area contributed by atoms with E-state index in [2.05, 4.69) is 15.5 Å². The van der Waals surface area contributed by atoms with E-state index < -0.39 is 5.97 Å². The number of anilines is 1. The average molecular weight is 265 g/mol. The fourth-order valence-electron chi connectivity index (χ4n) is 2.20. The van der Waals surface area contributed by atoms with Crippen molar-refractivity contribution in [2.75, 3.05) is 25.1 Å². The van der Waals surface area contributed by atoms with Gasteiger partial charge in [0.15, 0.2) is 5.82 Å². The predicted molar refractivity (Wildman–Crippen MR) is 70.5 cm³/mol. The molecule has 6 nitrogen and oxygen atoms in total. The molecule has 0 radical (unpaired) electrons. The molecule has 0 bridgehead atoms. The van der Waals surface area contributed by atoms with E-state index in [1.807, 2.05) is 0 Å². The van der Waals surface area contributed by atoms with Gasteiger partial charge >= 0.3 is 5.97 Å². The van der Waals surface area contributed by atoms with Crippen molar-refractivity contribution < 1.29 is 14.6 Å². The molecule has 19 heavy (non-hydrogen) atoms. The van der Waals surface area contributed by atoms with Gasteiger partial charge in [-0.05, 0) is 38.2 Å². The molecule has 1 aliphatic rings. The third-order valence-electron chi connectivity index (χ3n) is 3.54. The molecule has 0 saturated carbocycles. The second-order valence-corrected chi connectivity index (χ2v) is 4.88. The summed E-state index contributed by atoms with van der Waals surface area (Å²) in [5, 5.41) is 20.3. The fraction of sp³-hybridized carbons (Fsp3) is 0.615. The zero-order valence-corrected chi connectivity index (χ0v) is 11.3. The molecule has 0 aromatic carbocycles. The molecule has 1 atom stereocenters. The summed E-state index contributed by atoms with van der Waals surface area (Å²) in [4.78, 5) is 11.3. The van der Waals surface area contributed by atoms with E-state index in [1.165, 1.54) is 0 Å². The number of hydrogen-bond acceptors (Lipinski definition) is 5. The van der Waals surface area contributed by atoms with Crippen molar-refractivity contribution in [1.29, 1.82) is 0 Å². The van der Waals surface area contributed by atoms with Crippen molar-refractivity contribution in [3.8, 4) is 0 Å². The average Bonchev–Trinajstić information content (AvgIpc) is 2.86. The SMILES string of the molecule is Cc1nnc(NCCC2CCOC2)c(C(=O)O)c1C. The number of carboxylic acid groups (broad SMARTS) is 1. The maximum absolute atomic E-state index is 11.3. The molecule has 2 rings (SSSR count). The minimum atomic E-state index is -0.970. The van der Waals surface area contributed by atoms with E-state index in [9.17, 15) is 9.90 Å². The van der Waals surface area contributed by atoms with Gasteiger partial charge in [0.2, 0.25) is 0 Å². The summed E-state index contributed by atoms with van der Waals surface area (Å²) >= 11 is 0. The molecule has 1 saturated heterocycles. The van der Waals surface area contributed by atoms with Crippen LogP contribution in [0.15, 0.2) is 0 Å². The first-order chi connectivity index (χ1) is 9.09. The van der Waals surface area contributed by atoms with Crippen molar-refractivity contribution in [2.24, 2.45) is 5.92 Å². The summed E-state index contributed by atoms with van der Waals surface area (Å²) < 4.78 is 5.31. The third kappa shape index (κ3) is 3.20. The van der Waals surface area contributed by atoms with Gasteiger partial charge in [0.25, 0.3) is 0 Å². The van der Waals surface area contributed by atoms with Crippen molar-refractivity contribution in [3.63, 3.8) is 0 Å². The Morgan fingerprint density at radius 1 is 1.47 bits per heavy atom. The smallest absolute Gasteiger partial charge is 0.339 e. The van der Waals surface area contributed by atoms with Crippen LogP contribution in [0.4, 0.5) is 5.82 Å². The highest BCUT2D eigenvalue weighted by Crippen LogP contribution is 2.20. The molecule has 0 aliphatic carbocycles. The second kappa shape index (κ2) is 5.97. The number of hydrogen-bond donors (Lipinski definition) is 2. The van der Waals surface area contributed by atoms with Gasteiger partial charge in [0, 0.05) is 19.8 Å². The lowest BCUT2D eigenvalue weighted by Gasteiger charge is -2.12. The number of nitrogens with zero attached hydrogens (tertiary/aromatic N) is 2. The number of rotatable bonds is 5. The number of carboxylic acids is 1. The zero-order chi connectivity index (χ0) is 13.8. The first kappa shape index (κ1) is 13.7. The number of ether oxygens (including phenoxy) is 1. The van der Waals surface area contributed by atoms with Gasteiger partial charge < -0.3 is 15.2 Å². The summed E-state index contributed by atoms with van der Waals surface area (Å²) in [6.45, 7) is 5.82. The molecular formula is C13H19N3O3. The lowest BCUT2D eigenvalue weighted by molar-refractivity contribution is 0.0696. The number of aromatic nitrogens is 2. The van der Waals surface area contributed by atoms with E-state index in [4.69, 9.17) is 4.74 Å². The molecule has 1 fully saturated rings. The Kier molecular flexibility index (Phi) is 4.31. The lowest BCUT2D eigenvalue weighted by atomic mass is 10.1. The van der Waals surface area contributed by atoms with Crippen LogP contribution >= 0.6 is 0 Å². The van der Waals surface area contributed by atoms with E-state index in [-0.39, 0.29) is 5.56 Å². The summed E-state index contributed by atoms with van der Waals surface area (Å²) in [5.41, 5.74) is 1.52. The standard InChI is InChI=1S/C13H19N3O3/c1-8-9(2)15-16-12(11(8)13(17)18)14-5-3-10-4-6-19-7-10/h10H,3-7H2,1-2H3,(H,14,16)(H,17,18). The molecule has 6 heteroatoms. The Bertz CT molecular complexity index is 470. The van der Waals surface area contributed by atoms with Crippen LogP contribution in [0.3, 0.4) is 0 Å². The van der Waals surface area contributed by atoms with Crippen LogP contribution in [-0.4, -0.2) is 41.0 Å². The first-order valence-electron chi connectivity index (χ1n) is 6.48. The van der Waals surface area contributed by atoms with E-state index in [1.54, 1.807) is 13.8 Å². The quantitative estimate of drug-likeness (QED) is 0.841. The minimum Gasteiger partial charge on any atom is -0.478 e. The minimum absolute atomic E-state index is 0.218. The molecular weight excluding hydrogens is 246 g/mol. The summed E-state index contributed by atoms with van der Waals surface area (Å²) in [5.74, 6) is -0.0583. The largest absolute Gasteiger partial charge is 0.478 e. The van der Waals surface area contributed by atoms with Gasteiger partial charge in [-0.2, -0.15) is 5.10 Å². The van der Waals surface area contributed by atoms with Crippen LogP contribution < -0.4 is 5.32 Å². The highest BCUT2D eigenvalue weighted by atomic mass is 16.5. The zero-order valence-electron chi connectivity index (χ0n) is 11.3. The van der Waals surface area contributed by atoms with Crippen LogP contribution in [0.5, 0.6) is 0 Å². The van der Waals surface area contributed by atoms with Crippen molar-refractivity contribution in [1.82, 2.24) is 10.2 Å². The predicted octanol–water partition coefficient (Wildman–Crippen LogP) is 1.63. The molecule has 1 aliphatic heterocycles. The summed E-state index contributed by atoms with van der Waals surface area (Å²) in [7, 11) is 0. The number of carbonyl (C=O) groups is 1. The first-order valence-corrected chi connectivity index (χ1v) is 6.48. The Morgan fingerprint density at radius 2 is 2.26 bits per heavy atom. The molecule has 104 valence electrons. The summed E-state index contributed by atoms with van der Waals surface area (Å²) in [6, 6.07) is 0. The van der Waals surface area contributed by atoms with Gasteiger partial charge in [0.05, 0.1) is 5.69 Å². The van der Waals surface area contributed by atoms with E-state index >= 15 is 0 Å².